The van der Waals surface area contributed by atoms with E-state index in [2.05, 4.69) is 4.98 Å². The highest BCUT2D eigenvalue weighted by atomic mass is 32.2. The molecule has 0 radical (unpaired) electrons. The maximum absolute atomic E-state index is 10.9. The molecule has 1 aromatic heterocycles. The summed E-state index contributed by atoms with van der Waals surface area (Å²) in [7, 11) is 0. The van der Waals surface area contributed by atoms with E-state index in [1.807, 2.05) is 0 Å². The highest BCUT2D eigenvalue weighted by Crippen LogP contribution is 2.37. The molecular formula is C10H13N3O4S. The van der Waals surface area contributed by atoms with Crippen molar-refractivity contribution in [2.24, 2.45) is 5.73 Å². The van der Waals surface area contributed by atoms with Crippen LogP contribution in [-0.2, 0) is 4.79 Å². The van der Waals surface area contributed by atoms with Crippen molar-refractivity contribution in [1.29, 1.82) is 0 Å². The molecule has 0 aliphatic heterocycles. The van der Waals surface area contributed by atoms with Crippen LogP contribution < -0.4 is 5.73 Å². The number of carboxylic acid groups (broad SMARTS) is 1. The van der Waals surface area contributed by atoms with Crippen LogP contribution in [0, 0.1) is 10.1 Å². The van der Waals surface area contributed by atoms with Gasteiger partial charge in [0.05, 0.1) is 4.92 Å². The zero-order chi connectivity index (χ0) is 13.9. The van der Waals surface area contributed by atoms with E-state index in [0.29, 0.717) is 0 Å². The van der Waals surface area contributed by atoms with Gasteiger partial charge in [-0.2, -0.15) is 0 Å². The Morgan fingerprint density at radius 1 is 1.67 bits per heavy atom. The molecule has 3 N–H and O–H groups in total. The van der Waals surface area contributed by atoms with Crippen LogP contribution in [0.1, 0.15) is 13.8 Å². The fourth-order valence-electron chi connectivity index (χ4n) is 1.21. The number of hydrogen-bond acceptors (Lipinski definition) is 6. The van der Waals surface area contributed by atoms with Crippen molar-refractivity contribution >= 4 is 23.4 Å². The minimum Gasteiger partial charge on any atom is -0.480 e. The average molecular weight is 271 g/mol. The van der Waals surface area contributed by atoms with Crippen molar-refractivity contribution in [3.63, 3.8) is 0 Å². The molecule has 0 aromatic carbocycles. The summed E-state index contributed by atoms with van der Waals surface area (Å²) in [5.74, 6) is -1.16. The summed E-state index contributed by atoms with van der Waals surface area (Å²) in [6.07, 6.45) is 1.41. The zero-order valence-corrected chi connectivity index (χ0v) is 10.7. The third kappa shape index (κ3) is 3.17. The van der Waals surface area contributed by atoms with Gasteiger partial charge in [0.1, 0.15) is 6.04 Å². The lowest BCUT2D eigenvalue weighted by Gasteiger charge is -2.27. The van der Waals surface area contributed by atoms with Crippen molar-refractivity contribution in [3.05, 3.63) is 28.4 Å². The van der Waals surface area contributed by atoms with Crippen LogP contribution >= 0.6 is 11.8 Å². The molecule has 0 saturated heterocycles. The van der Waals surface area contributed by atoms with Crippen LogP contribution in [0.5, 0.6) is 0 Å². The van der Waals surface area contributed by atoms with Crippen LogP contribution in [0.4, 0.5) is 5.69 Å². The Morgan fingerprint density at radius 2 is 2.28 bits per heavy atom. The standard InChI is InChI=1S/C10H13N3O4S/c1-10(2,7(11)9(14)15)18-8-6(13(16)17)4-3-5-12-8/h3-5,7H,11H2,1-2H3,(H,14,15). The van der Waals surface area contributed by atoms with Gasteiger partial charge in [-0.1, -0.05) is 11.8 Å². The summed E-state index contributed by atoms with van der Waals surface area (Å²) in [5.41, 5.74) is 5.39. The van der Waals surface area contributed by atoms with E-state index in [1.54, 1.807) is 13.8 Å². The average Bonchev–Trinajstić information content (AvgIpc) is 2.27. The maximum atomic E-state index is 10.9. The summed E-state index contributed by atoms with van der Waals surface area (Å²) in [6.45, 7) is 3.21. The molecule has 1 rings (SSSR count). The molecule has 98 valence electrons. The van der Waals surface area contributed by atoms with E-state index in [1.165, 1.54) is 18.3 Å². The molecule has 1 heterocycles. The molecular weight excluding hydrogens is 258 g/mol. The topological polar surface area (TPSA) is 119 Å². The van der Waals surface area contributed by atoms with E-state index in [4.69, 9.17) is 10.8 Å². The van der Waals surface area contributed by atoms with Gasteiger partial charge in [-0.15, -0.1) is 0 Å². The summed E-state index contributed by atoms with van der Waals surface area (Å²) in [6, 6.07) is 1.62. The van der Waals surface area contributed by atoms with Crippen LogP contribution in [-0.4, -0.2) is 31.8 Å². The van der Waals surface area contributed by atoms with E-state index in [0.717, 1.165) is 11.8 Å². The largest absolute Gasteiger partial charge is 0.480 e. The highest BCUT2D eigenvalue weighted by Gasteiger charge is 2.35. The Labute approximate surface area is 108 Å². The second-order valence-corrected chi connectivity index (χ2v) is 5.75. The molecule has 0 saturated carbocycles. The summed E-state index contributed by atoms with van der Waals surface area (Å²) in [5, 5.41) is 19.9. The van der Waals surface area contributed by atoms with E-state index in [9.17, 15) is 14.9 Å². The third-order valence-corrected chi connectivity index (χ3v) is 3.61. The van der Waals surface area contributed by atoms with Gasteiger partial charge < -0.3 is 10.8 Å². The van der Waals surface area contributed by atoms with Crippen LogP contribution in [0.2, 0.25) is 0 Å². The lowest BCUT2D eigenvalue weighted by molar-refractivity contribution is -0.388. The van der Waals surface area contributed by atoms with Gasteiger partial charge in [-0.05, 0) is 19.9 Å². The van der Waals surface area contributed by atoms with Gasteiger partial charge in [0.25, 0.3) is 0 Å². The Morgan fingerprint density at radius 3 is 2.78 bits per heavy atom. The van der Waals surface area contributed by atoms with Crippen molar-refractivity contribution in [2.75, 3.05) is 0 Å². The highest BCUT2D eigenvalue weighted by molar-refractivity contribution is 8.00. The van der Waals surface area contributed by atoms with Crippen LogP contribution in [0.25, 0.3) is 0 Å². The van der Waals surface area contributed by atoms with Crippen molar-refractivity contribution < 1.29 is 14.8 Å². The molecule has 1 unspecified atom stereocenters. The smallest absolute Gasteiger partial charge is 0.321 e. The van der Waals surface area contributed by atoms with Gasteiger partial charge in [0, 0.05) is 17.0 Å². The summed E-state index contributed by atoms with van der Waals surface area (Å²) >= 11 is 0.979. The molecule has 0 amide bonds. The molecule has 7 nitrogen and oxygen atoms in total. The number of thioether (sulfide) groups is 1. The predicted octanol–water partition coefficient (Wildman–Crippen LogP) is 1.27. The number of rotatable bonds is 5. The van der Waals surface area contributed by atoms with E-state index >= 15 is 0 Å². The molecule has 8 heteroatoms. The number of hydrogen-bond donors (Lipinski definition) is 2. The molecule has 1 aromatic rings. The third-order valence-electron chi connectivity index (χ3n) is 2.32. The van der Waals surface area contributed by atoms with Gasteiger partial charge in [0.15, 0.2) is 5.03 Å². The Balaban J connectivity index is 3.04. The first-order valence-electron chi connectivity index (χ1n) is 5.02. The number of nitrogens with two attached hydrogens (primary N) is 1. The lowest BCUT2D eigenvalue weighted by atomic mass is 10.1. The minimum atomic E-state index is -1.16. The van der Waals surface area contributed by atoms with Crippen molar-refractivity contribution in [2.45, 2.75) is 29.7 Å². The first-order valence-corrected chi connectivity index (χ1v) is 5.84. The first kappa shape index (κ1) is 14.4. The molecule has 1 atom stereocenters. The Bertz CT molecular complexity index is 478. The van der Waals surface area contributed by atoms with Crippen LogP contribution in [0.15, 0.2) is 23.4 Å². The summed E-state index contributed by atoms with van der Waals surface area (Å²) in [4.78, 5) is 25.0. The minimum absolute atomic E-state index is 0.157. The van der Waals surface area contributed by atoms with Gasteiger partial charge in [0.2, 0.25) is 0 Å². The second kappa shape index (κ2) is 5.32. The first-order chi connectivity index (χ1) is 8.25. The molecule has 18 heavy (non-hydrogen) atoms. The van der Waals surface area contributed by atoms with Gasteiger partial charge in [-0.3, -0.25) is 14.9 Å². The fourth-order valence-corrected chi connectivity index (χ4v) is 2.30. The fraction of sp³-hybridized carbons (Fsp3) is 0.400. The number of carboxylic acids is 1. The van der Waals surface area contributed by atoms with Gasteiger partial charge >= 0.3 is 11.7 Å². The molecule has 0 spiro atoms. The number of nitro groups is 1. The summed E-state index contributed by atoms with van der Waals surface area (Å²) < 4.78 is -0.912. The number of nitrogens with zero attached hydrogens (tertiary/aromatic N) is 2. The maximum Gasteiger partial charge on any atom is 0.321 e. The van der Waals surface area contributed by atoms with Crippen LogP contribution in [0.3, 0.4) is 0 Å². The Kier molecular flexibility index (Phi) is 4.25. The molecule has 0 bridgehead atoms. The number of pyridine rings is 1. The Hall–Kier alpha value is -1.67. The molecule has 0 aliphatic rings. The number of aliphatic carboxylic acids is 1. The molecule has 0 fully saturated rings. The van der Waals surface area contributed by atoms with Crippen molar-refractivity contribution in [1.82, 2.24) is 4.98 Å². The second-order valence-electron chi connectivity index (χ2n) is 4.11. The quantitative estimate of drug-likeness (QED) is 0.470. The predicted molar refractivity (Wildman–Crippen MR) is 66.4 cm³/mol. The molecule has 0 aliphatic carbocycles. The van der Waals surface area contributed by atoms with E-state index in [-0.39, 0.29) is 10.7 Å². The number of aromatic nitrogens is 1. The normalized spacial score (nSPS) is 13.1. The number of carbonyl (C=O) groups is 1. The monoisotopic (exact) mass is 271 g/mol. The van der Waals surface area contributed by atoms with Crippen molar-refractivity contribution in [3.8, 4) is 0 Å². The SMILES string of the molecule is CC(C)(Sc1ncccc1[N+](=O)[O-])C(N)C(=O)O. The van der Waals surface area contributed by atoms with Gasteiger partial charge in [-0.25, -0.2) is 4.98 Å². The lowest BCUT2D eigenvalue weighted by Crippen LogP contribution is -2.46. The zero-order valence-electron chi connectivity index (χ0n) is 9.86. The van der Waals surface area contributed by atoms with E-state index < -0.39 is 21.7 Å².